The summed E-state index contributed by atoms with van der Waals surface area (Å²) in [5, 5.41) is 0. The van der Waals surface area contributed by atoms with Crippen LogP contribution in [0, 0.1) is 0 Å². The van der Waals surface area contributed by atoms with Gasteiger partial charge in [-0.25, -0.2) is 5.48 Å². The van der Waals surface area contributed by atoms with Crippen molar-refractivity contribution in [3.63, 3.8) is 0 Å². The zero-order valence-electron chi connectivity index (χ0n) is 8.54. The molecule has 0 saturated carbocycles. The van der Waals surface area contributed by atoms with E-state index in [-0.39, 0.29) is 5.91 Å². The number of hydrogen-bond acceptors (Lipinski definition) is 2. The smallest absolute Gasteiger partial charge is 0.240 e. The van der Waals surface area contributed by atoms with Crippen molar-refractivity contribution in [1.29, 1.82) is 0 Å². The molecule has 0 aliphatic rings. The maximum Gasteiger partial charge on any atom is 0.240 e. The minimum Gasteiger partial charge on any atom is -0.273 e. The quantitative estimate of drug-likeness (QED) is 0.560. The first-order valence-electron chi connectivity index (χ1n) is 4.62. The Labute approximate surface area is 79.1 Å². The molecule has 1 amide bonds. The molecule has 0 radical (unpaired) electrons. The highest BCUT2D eigenvalue weighted by atomic mass is 16.6. The van der Waals surface area contributed by atoms with Gasteiger partial charge in [0.1, 0.15) is 0 Å². The van der Waals surface area contributed by atoms with Gasteiger partial charge in [-0.3, -0.25) is 9.63 Å². The predicted octanol–water partition coefficient (Wildman–Crippen LogP) is 1.30. The van der Waals surface area contributed by atoms with Gasteiger partial charge in [-0.15, -0.1) is 0 Å². The Bertz CT molecular complexity index is 297. The highest BCUT2D eigenvalue weighted by molar-refractivity contribution is 5.71. The lowest BCUT2D eigenvalue weighted by Gasteiger charge is -2.02. The van der Waals surface area contributed by atoms with E-state index in [1.165, 1.54) is 6.92 Å². The maximum atomic E-state index is 10.4. The number of rotatable bonds is 4. The van der Waals surface area contributed by atoms with E-state index in [2.05, 4.69) is 5.48 Å². The van der Waals surface area contributed by atoms with Crippen molar-refractivity contribution in [1.82, 2.24) is 5.48 Å². The molecular formula is C10H13NO2. The predicted molar refractivity (Wildman–Crippen MR) is 49.9 cm³/mol. The third kappa shape index (κ3) is 4.28. The molecule has 70 valence electrons. The maximum absolute atomic E-state index is 10.4. The van der Waals surface area contributed by atoms with Crippen LogP contribution in [0.1, 0.15) is 13.9 Å². The fraction of sp³-hybridized carbons (Fsp3) is 0.300. The van der Waals surface area contributed by atoms with Crippen LogP contribution in [0.25, 0.3) is 0 Å². The average Bonchev–Trinajstić information content (AvgIpc) is 2.15. The molecule has 0 aliphatic heterocycles. The first kappa shape index (κ1) is 8.26. The van der Waals surface area contributed by atoms with Gasteiger partial charge in [0, 0.05) is 6.92 Å². The molecule has 0 unspecified atom stereocenters. The molecule has 13 heavy (non-hydrogen) atoms. The van der Waals surface area contributed by atoms with E-state index in [1.807, 2.05) is 12.1 Å². The topological polar surface area (TPSA) is 38.3 Å². The molecule has 1 aromatic rings. The van der Waals surface area contributed by atoms with Gasteiger partial charge < -0.3 is 0 Å². The minimum absolute atomic E-state index is 0.202. The van der Waals surface area contributed by atoms with Crippen molar-refractivity contribution < 1.29 is 11.0 Å². The summed E-state index contributed by atoms with van der Waals surface area (Å²) in [5.74, 6) is -0.202. The van der Waals surface area contributed by atoms with Gasteiger partial charge in [0.25, 0.3) is 0 Å². The average molecular weight is 180 g/mol. The van der Waals surface area contributed by atoms with Crippen LogP contribution in [0.3, 0.4) is 0 Å². The summed E-state index contributed by atoms with van der Waals surface area (Å²) in [6.07, 6.45) is 0.723. The van der Waals surface area contributed by atoms with Crippen molar-refractivity contribution in [3.8, 4) is 0 Å². The van der Waals surface area contributed by atoms with Crippen LogP contribution in [-0.4, -0.2) is 12.5 Å². The Morgan fingerprint density at radius 3 is 2.92 bits per heavy atom. The standard InChI is InChI=1S/C10H13NO2/c1-9(12)11-13-8-7-10-5-3-2-4-6-10/h2-6H,7-8H2,1H3,(H,11,12)/i2D. The zero-order chi connectivity index (χ0) is 10.4. The lowest BCUT2D eigenvalue weighted by Crippen LogP contribution is -2.21. The van der Waals surface area contributed by atoms with Gasteiger partial charge in [0.2, 0.25) is 5.91 Å². The summed E-state index contributed by atoms with van der Waals surface area (Å²) < 4.78 is 7.27. The Morgan fingerprint density at radius 2 is 2.31 bits per heavy atom. The van der Waals surface area contributed by atoms with Crippen LogP contribution in [0.15, 0.2) is 30.3 Å². The fourth-order valence-corrected chi connectivity index (χ4v) is 0.910. The van der Waals surface area contributed by atoms with Crippen LogP contribution in [0.4, 0.5) is 0 Å². The largest absolute Gasteiger partial charge is 0.273 e. The molecule has 3 heteroatoms. The van der Waals surface area contributed by atoms with E-state index >= 15 is 0 Å². The Balaban J connectivity index is 2.25. The second-order valence-electron chi connectivity index (χ2n) is 2.66. The normalized spacial score (nSPS) is 10.7. The lowest BCUT2D eigenvalue weighted by atomic mass is 10.2. The fourth-order valence-electron chi connectivity index (χ4n) is 0.910. The van der Waals surface area contributed by atoms with Crippen molar-refractivity contribution in [2.24, 2.45) is 0 Å². The SMILES string of the molecule is [2H]c1ccc(CCONC(C)=O)cc1. The molecule has 0 spiro atoms. The third-order valence-electron chi connectivity index (χ3n) is 1.50. The van der Waals surface area contributed by atoms with E-state index in [0.29, 0.717) is 12.6 Å². The Kier molecular flexibility index (Phi) is 3.38. The second-order valence-corrected chi connectivity index (χ2v) is 2.66. The second kappa shape index (κ2) is 5.32. The van der Waals surface area contributed by atoms with Gasteiger partial charge in [0.15, 0.2) is 0 Å². The lowest BCUT2D eigenvalue weighted by molar-refractivity contribution is -0.131. The molecule has 0 atom stereocenters. The molecule has 0 heterocycles. The van der Waals surface area contributed by atoms with E-state index in [0.717, 1.165) is 12.0 Å². The highest BCUT2D eigenvalue weighted by Gasteiger charge is 1.92. The highest BCUT2D eigenvalue weighted by Crippen LogP contribution is 1.98. The summed E-state index contributed by atoms with van der Waals surface area (Å²) in [6.45, 7) is 1.84. The van der Waals surface area contributed by atoms with Crippen LogP contribution in [0.5, 0.6) is 0 Å². The molecular weight excluding hydrogens is 166 g/mol. The minimum atomic E-state index is -0.202. The molecule has 1 aromatic carbocycles. The van der Waals surface area contributed by atoms with E-state index in [9.17, 15) is 4.79 Å². The van der Waals surface area contributed by atoms with E-state index < -0.39 is 0 Å². The molecule has 0 fully saturated rings. The molecule has 3 nitrogen and oxygen atoms in total. The van der Waals surface area contributed by atoms with Gasteiger partial charge in [0.05, 0.1) is 7.98 Å². The first-order valence-corrected chi connectivity index (χ1v) is 4.12. The first-order chi connectivity index (χ1) is 6.68. The molecule has 1 N–H and O–H groups in total. The number of carbonyl (C=O) groups excluding carboxylic acids is 1. The van der Waals surface area contributed by atoms with Gasteiger partial charge >= 0.3 is 0 Å². The molecule has 0 aliphatic carbocycles. The number of carbonyl (C=O) groups is 1. The number of hydroxylamine groups is 1. The number of benzene rings is 1. The number of amides is 1. The van der Waals surface area contributed by atoms with Crippen LogP contribution >= 0.6 is 0 Å². The Morgan fingerprint density at radius 1 is 1.62 bits per heavy atom. The van der Waals surface area contributed by atoms with Crippen molar-refractivity contribution in [3.05, 3.63) is 35.9 Å². The van der Waals surface area contributed by atoms with Crippen molar-refractivity contribution >= 4 is 5.91 Å². The summed E-state index contributed by atoms with van der Waals surface area (Å²) in [4.78, 5) is 15.3. The number of hydrogen-bond donors (Lipinski definition) is 1. The molecule has 1 rings (SSSR count). The van der Waals surface area contributed by atoms with Gasteiger partial charge in [-0.1, -0.05) is 30.3 Å². The van der Waals surface area contributed by atoms with Crippen LogP contribution < -0.4 is 5.48 Å². The molecule has 0 aromatic heterocycles. The third-order valence-corrected chi connectivity index (χ3v) is 1.50. The summed E-state index contributed by atoms with van der Waals surface area (Å²) in [7, 11) is 0. The number of nitrogens with one attached hydrogen (secondary N) is 1. The summed E-state index contributed by atoms with van der Waals surface area (Å²) >= 11 is 0. The van der Waals surface area contributed by atoms with E-state index in [1.54, 1.807) is 12.1 Å². The molecule has 0 saturated heterocycles. The van der Waals surface area contributed by atoms with E-state index in [4.69, 9.17) is 6.21 Å². The summed E-state index contributed by atoms with van der Waals surface area (Å²) in [5.41, 5.74) is 3.34. The zero-order valence-corrected chi connectivity index (χ0v) is 7.54. The monoisotopic (exact) mass is 180 g/mol. The summed E-state index contributed by atoms with van der Waals surface area (Å²) in [6, 6.07) is 7.71. The van der Waals surface area contributed by atoms with Gasteiger partial charge in [-0.05, 0) is 12.0 Å². The van der Waals surface area contributed by atoms with Crippen molar-refractivity contribution in [2.45, 2.75) is 13.3 Å². The van der Waals surface area contributed by atoms with Gasteiger partial charge in [-0.2, -0.15) is 0 Å². The Hall–Kier alpha value is -1.35. The molecule has 0 bridgehead atoms. The van der Waals surface area contributed by atoms with Crippen molar-refractivity contribution in [2.75, 3.05) is 6.61 Å². The van der Waals surface area contributed by atoms with Crippen LogP contribution in [0.2, 0.25) is 0 Å². The van der Waals surface area contributed by atoms with Crippen LogP contribution in [-0.2, 0) is 16.1 Å².